The number of benzene rings is 1. The predicted molar refractivity (Wildman–Crippen MR) is 118 cm³/mol. The van der Waals surface area contributed by atoms with Gasteiger partial charge >= 0.3 is 0 Å². The van der Waals surface area contributed by atoms with E-state index in [2.05, 4.69) is 19.2 Å². The molecule has 0 spiro atoms. The molecule has 6 heteroatoms. The van der Waals surface area contributed by atoms with Crippen LogP contribution in [0.15, 0.2) is 18.2 Å². The lowest BCUT2D eigenvalue weighted by molar-refractivity contribution is -0.113. The van der Waals surface area contributed by atoms with Crippen LogP contribution < -0.4 is 10.1 Å². The zero-order valence-electron chi connectivity index (χ0n) is 19.0. The molecular formula is C24H39NO5. The summed E-state index contributed by atoms with van der Waals surface area (Å²) < 4.78 is 10.8. The molecule has 1 heterocycles. The second kappa shape index (κ2) is 11.7. The van der Waals surface area contributed by atoms with Crippen LogP contribution in [0.3, 0.4) is 0 Å². The van der Waals surface area contributed by atoms with Crippen molar-refractivity contribution < 1.29 is 24.5 Å². The SMILES string of the molecule is COCCCOc1cc([C@@H]2N[C@H]([C@@H](O)C[C@H](C=O)C(C)C)C[C@H]2C(C)C)ccc1O. The third-order valence-electron chi connectivity index (χ3n) is 6.31. The maximum absolute atomic E-state index is 11.4. The molecule has 1 aliphatic heterocycles. The van der Waals surface area contributed by atoms with E-state index in [1.807, 2.05) is 26.0 Å². The van der Waals surface area contributed by atoms with E-state index in [1.165, 1.54) is 0 Å². The molecule has 0 aromatic heterocycles. The van der Waals surface area contributed by atoms with E-state index < -0.39 is 6.10 Å². The third kappa shape index (κ3) is 6.43. The number of methoxy groups -OCH3 is 1. The number of hydrogen-bond donors (Lipinski definition) is 3. The largest absolute Gasteiger partial charge is 0.504 e. The van der Waals surface area contributed by atoms with Crippen LogP contribution in [0.1, 0.15) is 58.6 Å². The lowest BCUT2D eigenvalue weighted by Gasteiger charge is -2.24. The Kier molecular flexibility index (Phi) is 9.59. The highest BCUT2D eigenvalue weighted by atomic mass is 16.5. The van der Waals surface area contributed by atoms with Crippen LogP contribution in [-0.4, -0.2) is 49.0 Å². The molecule has 1 saturated heterocycles. The van der Waals surface area contributed by atoms with Crippen LogP contribution in [0.5, 0.6) is 11.5 Å². The minimum absolute atomic E-state index is 0.0558. The zero-order chi connectivity index (χ0) is 22.3. The summed E-state index contributed by atoms with van der Waals surface area (Å²) in [5.41, 5.74) is 1.04. The molecule has 0 unspecified atom stereocenters. The van der Waals surface area contributed by atoms with Crippen LogP contribution in [0, 0.1) is 23.7 Å². The van der Waals surface area contributed by atoms with Gasteiger partial charge in [-0.25, -0.2) is 0 Å². The molecule has 0 bridgehead atoms. The molecule has 3 N–H and O–H groups in total. The van der Waals surface area contributed by atoms with Crippen LogP contribution in [0.25, 0.3) is 0 Å². The van der Waals surface area contributed by atoms with Crippen molar-refractivity contribution in [2.75, 3.05) is 20.3 Å². The third-order valence-corrected chi connectivity index (χ3v) is 6.31. The number of carbonyl (C=O) groups excluding carboxylic acids is 1. The first-order chi connectivity index (χ1) is 14.3. The number of aldehydes is 1. The molecule has 30 heavy (non-hydrogen) atoms. The number of rotatable bonds is 12. The quantitative estimate of drug-likeness (QED) is 0.352. The Bertz CT molecular complexity index is 663. The lowest BCUT2D eigenvalue weighted by Crippen LogP contribution is -2.37. The summed E-state index contributed by atoms with van der Waals surface area (Å²) in [7, 11) is 1.65. The van der Waals surface area contributed by atoms with Crippen molar-refractivity contribution in [3.05, 3.63) is 23.8 Å². The number of ether oxygens (including phenoxy) is 2. The van der Waals surface area contributed by atoms with Crippen molar-refractivity contribution in [3.63, 3.8) is 0 Å². The molecule has 0 radical (unpaired) electrons. The highest BCUT2D eigenvalue weighted by molar-refractivity contribution is 5.54. The average molecular weight is 422 g/mol. The number of carbonyl (C=O) groups is 1. The van der Waals surface area contributed by atoms with Crippen LogP contribution in [0.2, 0.25) is 0 Å². The molecule has 1 aliphatic rings. The van der Waals surface area contributed by atoms with Gasteiger partial charge in [0, 0.05) is 38.1 Å². The molecule has 2 rings (SSSR count). The number of aliphatic hydroxyl groups excluding tert-OH is 1. The van der Waals surface area contributed by atoms with Gasteiger partial charge in [-0.05, 0) is 48.3 Å². The molecule has 0 aliphatic carbocycles. The van der Waals surface area contributed by atoms with Crippen molar-refractivity contribution >= 4 is 6.29 Å². The molecule has 5 atom stereocenters. The lowest BCUT2D eigenvalue weighted by atomic mass is 9.83. The molecule has 1 aromatic rings. The van der Waals surface area contributed by atoms with Crippen LogP contribution in [-0.2, 0) is 9.53 Å². The van der Waals surface area contributed by atoms with Gasteiger partial charge in [-0.1, -0.05) is 33.8 Å². The fourth-order valence-corrected chi connectivity index (χ4v) is 4.27. The number of aromatic hydroxyl groups is 1. The average Bonchev–Trinajstić information content (AvgIpc) is 3.16. The highest BCUT2D eigenvalue weighted by Gasteiger charge is 2.40. The molecule has 170 valence electrons. The molecular weight excluding hydrogens is 382 g/mol. The van der Waals surface area contributed by atoms with Crippen molar-refractivity contribution in [1.82, 2.24) is 5.32 Å². The summed E-state index contributed by atoms with van der Waals surface area (Å²) in [6.45, 7) is 9.49. The first-order valence-electron chi connectivity index (χ1n) is 11.1. The Morgan fingerprint density at radius 2 is 1.97 bits per heavy atom. The number of aliphatic hydroxyl groups is 1. The normalized spacial score (nSPS) is 23.7. The molecule has 0 saturated carbocycles. The Morgan fingerprint density at radius 3 is 2.57 bits per heavy atom. The van der Waals surface area contributed by atoms with E-state index >= 15 is 0 Å². The number of phenols is 1. The van der Waals surface area contributed by atoms with Gasteiger partial charge in [0.2, 0.25) is 0 Å². The van der Waals surface area contributed by atoms with Gasteiger partial charge in [-0.15, -0.1) is 0 Å². The topological polar surface area (TPSA) is 88.0 Å². The van der Waals surface area contributed by atoms with E-state index in [-0.39, 0.29) is 29.7 Å². The number of hydrogen-bond acceptors (Lipinski definition) is 6. The number of nitrogens with one attached hydrogen (secondary N) is 1. The van der Waals surface area contributed by atoms with Crippen molar-refractivity contribution in [1.29, 1.82) is 0 Å². The van der Waals surface area contributed by atoms with Gasteiger partial charge in [0.1, 0.15) is 6.29 Å². The smallest absolute Gasteiger partial charge is 0.161 e. The number of phenolic OH excluding ortho intramolecular Hbond substituents is 1. The van der Waals surface area contributed by atoms with Gasteiger partial charge < -0.3 is 29.8 Å². The van der Waals surface area contributed by atoms with Crippen LogP contribution >= 0.6 is 0 Å². The van der Waals surface area contributed by atoms with Crippen molar-refractivity contribution in [3.8, 4) is 11.5 Å². The first kappa shape index (κ1) is 24.6. The Labute approximate surface area is 181 Å². The molecule has 0 amide bonds. The minimum atomic E-state index is -0.573. The van der Waals surface area contributed by atoms with E-state index in [4.69, 9.17) is 9.47 Å². The second-order valence-corrected chi connectivity index (χ2v) is 9.16. The summed E-state index contributed by atoms with van der Waals surface area (Å²) in [4.78, 5) is 11.4. The fourth-order valence-electron chi connectivity index (χ4n) is 4.27. The van der Waals surface area contributed by atoms with E-state index in [9.17, 15) is 15.0 Å². The van der Waals surface area contributed by atoms with Gasteiger partial charge in [0.05, 0.1) is 12.7 Å². The van der Waals surface area contributed by atoms with E-state index in [0.29, 0.717) is 37.2 Å². The summed E-state index contributed by atoms with van der Waals surface area (Å²) in [5, 5.41) is 24.6. The minimum Gasteiger partial charge on any atom is -0.504 e. The Morgan fingerprint density at radius 1 is 1.23 bits per heavy atom. The monoisotopic (exact) mass is 421 g/mol. The Balaban J connectivity index is 2.14. The fraction of sp³-hybridized carbons (Fsp3) is 0.708. The summed E-state index contributed by atoms with van der Waals surface area (Å²) in [6.07, 6.45) is 2.46. The van der Waals surface area contributed by atoms with Gasteiger partial charge in [0.25, 0.3) is 0 Å². The molecule has 1 fully saturated rings. The van der Waals surface area contributed by atoms with Gasteiger partial charge in [0.15, 0.2) is 11.5 Å². The molecule has 1 aromatic carbocycles. The van der Waals surface area contributed by atoms with Crippen molar-refractivity contribution in [2.45, 2.75) is 65.1 Å². The van der Waals surface area contributed by atoms with Crippen molar-refractivity contribution in [2.24, 2.45) is 23.7 Å². The van der Waals surface area contributed by atoms with Gasteiger partial charge in [-0.2, -0.15) is 0 Å². The summed E-state index contributed by atoms with van der Waals surface area (Å²) in [6, 6.07) is 5.47. The highest BCUT2D eigenvalue weighted by Crippen LogP contribution is 2.41. The van der Waals surface area contributed by atoms with Crippen LogP contribution in [0.4, 0.5) is 0 Å². The van der Waals surface area contributed by atoms with E-state index in [0.717, 1.165) is 24.7 Å². The van der Waals surface area contributed by atoms with Gasteiger partial charge in [-0.3, -0.25) is 0 Å². The maximum atomic E-state index is 11.4. The first-order valence-corrected chi connectivity index (χ1v) is 11.1. The second-order valence-electron chi connectivity index (χ2n) is 9.16. The zero-order valence-corrected chi connectivity index (χ0v) is 19.0. The summed E-state index contributed by atoms with van der Waals surface area (Å²) >= 11 is 0. The predicted octanol–water partition coefficient (Wildman–Crippen LogP) is 3.70. The van der Waals surface area contributed by atoms with E-state index in [1.54, 1.807) is 13.2 Å². The Hall–Kier alpha value is -1.63. The maximum Gasteiger partial charge on any atom is 0.161 e. The summed E-state index contributed by atoms with van der Waals surface area (Å²) in [5.74, 6) is 1.43. The standard InChI is InChI=1S/C24H39NO5/c1-15(2)18(14-26)11-22(28)20-13-19(16(3)4)24(25-20)17-7-8-21(27)23(12-17)30-10-6-9-29-5/h7-8,12,14-16,18-20,22,24-25,27-28H,6,9-11,13H2,1-5H3/t18-,19+,20+,22+,24+/m1/s1. The molecule has 6 nitrogen and oxygen atoms in total.